The lowest BCUT2D eigenvalue weighted by Crippen LogP contribution is -2.52. The smallest absolute Gasteiger partial charge is 0.315 e. The van der Waals surface area contributed by atoms with Gasteiger partial charge in [-0.05, 0) is 51.4 Å². The zero-order valence-electron chi connectivity index (χ0n) is 14.1. The molecule has 3 aliphatic carbocycles. The summed E-state index contributed by atoms with van der Waals surface area (Å²) in [6.45, 7) is 0. The Morgan fingerprint density at radius 1 is 0.826 bits per heavy atom. The fraction of sp³-hybridized carbons (Fsp3) is 0.944. The minimum Gasteiger partial charge on any atom is -0.393 e. The molecule has 3 aliphatic rings. The second kappa shape index (κ2) is 8.34. The summed E-state index contributed by atoms with van der Waals surface area (Å²) in [5.74, 6) is 0. The first-order chi connectivity index (χ1) is 11.2. The molecule has 5 heteroatoms. The molecule has 3 fully saturated rings. The Kier molecular flexibility index (Phi) is 6.17. The molecule has 0 bridgehead atoms. The fourth-order valence-electron chi connectivity index (χ4n) is 4.31. The first kappa shape index (κ1) is 17.0. The minimum absolute atomic E-state index is 0.0571. The van der Waals surface area contributed by atoms with Crippen LogP contribution >= 0.6 is 0 Å². The monoisotopic (exact) mass is 324 g/mol. The van der Waals surface area contributed by atoms with Crippen LogP contribution in [0.5, 0.6) is 0 Å². The van der Waals surface area contributed by atoms with Crippen molar-refractivity contribution >= 4 is 6.03 Å². The van der Waals surface area contributed by atoms with E-state index in [1.165, 1.54) is 38.5 Å². The Morgan fingerprint density at radius 3 is 2.22 bits per heavy atom. The van der Waals surface area contributed by atoms with Crippen molar-refractivity contribution in [2.24, 2.45) is 0 Å². The molecule has 0 aromatic carbocycles. The van der Waals surface area contributed by atoms with Gasteiger partial charge in [-0.2, -0.15) is 0 Å². The standard InChI is InChI=1S/C18H32N2O3/c21-14-11-9-13(10-12-14)19-18(22)20-16-7-3-4-8-17(16)23-15-5-1-2-6-15/h13-17,21H,1-12H2,(H2,19,20,22). The Labute approximate surface area is 139 Å². The van der Waals surface area contributed by atoms with Crippen LogP contribution in [0, 0.1) is 0 Å². The first-order valence-corrected chi connectivity index (χ1v) is 9.61. The number of aliphatic hydroxyl groups is 1. The quantitative estimate of drug-likeness (QED) is 0.745. The molecule has 2 unspecified atom stereocenters. The number of ether oxygens (including phenoxy) is 1. The lowest BCUT2D eigenvalue weighted by Gasteiger charge is -2.35. The number of hydrogen-bond donors (Lipinski definition) is 3. The van der Waals surface area contributed by atoms with E-state index in [0.29, 0.717) is 6.10 Å². The number of hydrogen-bond acceptors (Lipinski definition) is 3. The summed E-state index contributed by atoms with van der Waals surface area (Å²) in [7, 11) is 0. The summed E-state index contributed by atoms with van der Waals surface area (Å²) in [5, 5.41) is 15.8. The van der Waals surface area contributed by atoms with Crippen molar-refractivity contribution in [1.29, 1.82) is 0 Å². The largest absolute Gasteiger partial charge is 0.393 e. The number of nitrogens with one attached hydrogen (secondary N) is 2. The zero-order chi connectivity index (χ0) is 16.1. The van der Waals surface area contributed by atoms with Crippen molar-refractivity contribution in [1.82, 2.24) is 10.6 Å². The molecule has 2 amide bonds. The van der Waals surface area contributed by atoms with Crippen LogP contribution in [0.3, 0.4) is 0 Å². The number of carbonyl (C=O) groups is 1. The topological polar surface area (TPSA) is 70.6 Å². The number of carbonyl (C=O) groups excluding carboxylic acids is 1. The number of aliphatic hydroxyl groups excluding tert-OH is 1. The Bertz CT molecular complexity index is 376. The molecule has 0 aromatic heterocycles. The van der Waals surface area contributed by atoms with Gasteiger partial charge in [-0.15, -0.1) is 0 Å². The van der Waals surface area contributed by atoms with Crippen molar-refractivity contribution < 1.29 is 14.6 Å². The number of amides is 2. The number of urea groups is 1. The number of rotatable bonds is 4. The molecule has 23 heavy (non-hydrogen) atoms. The fourth-order valence-corrected chi connectivity index (χ4v) is 4.31. The van der Waals surface area contributed by atoms with Gasteiger partial charge in [0, 0.05) is 6.04 Å². The van der Waals surface area contributed by atoms with E-state index in [0.717, 1.165) is 38.5 Å². The van der Waals surface area contributed by atoms with Gasteiger partial charge >= 0.3 is 6.03 Å². The lowest BCUT2D eigenvalue weighted by molar-refractivity contribution is -0.0411. The summed E-state index contributed by atoms with van der Waals surface area (Å²) in [4.78, 5) is 12.3. The van der Waals surface area contributed by atoms with Gasteiger partial charge in [-0.25, -0.2) is 4.79 Å². The van der Waals surface area contributed by atoms with E-state index < -0.39 is 0 Å². The summed E-state index contributed by atoms with van der Waals surface area (Å²) in [6.07, 6.45) is 13.1. The van der Waals surface area contributed by atoms with Crippen molar-refractivity contribution in [3.8, 4) is 0 Å². The summed E-state index contributed by atoms with van der Waals surface area (Å²) in [5.41, 5.74) is 0. The predicted octanol–water partition coefficient (Wildman–Crippen LogP) is 2.86. The van der Waals surface area contributed by atoms with Gasteiger partial charge < -0.3 is 20.5 Å². The maximum Gasteiger partial charge on any atom is 0.315 e. The average Bonchev–Trinajstić information content (AvgIpc) is 3.05. The van der Waals surface area contributed by atoms with Crippen LogP contribution in [0.15, 0.2) is 0 Å². The van der Waals surface area contributed by atoms with Gasteiger partial charge in [-0.1, -0.05) is 25.7 Å². The molecule has 0 radical (unpaired) electrons. The highest BCUT2D eigenvalue weighted by atomic mass is 16.5. The van der Waals surface area contributed by atoms with Gasteiger partial charge in [0.2, 0.25) is 0 Å². The summed E-state index contributed by atoms with van der Waals surface area (Å²) < 4.78 is 6.29. The van der Waals surface area contributed by atoms with Crippen molar-refractivity contribution in [3.05, 3.63) is 0 Å². The molecule has 0 aliphatic heterocycles. The van der Waals surface area contributed by atoms with Crippen molar-refractivity contribution in [2.75, 3.05) is 0 Å². The Morgan fingerprint density at radius 2 is 1.48 bits per heavy atom. The van der Waals surface area contributed by atoms with E-state index in [4.69, 9.17) is 4.74 Å². The van der Waals surface area contributed by atoms with Crippen molar-refractivity contribution in [3.63, 3.8) is 0 Å². The van der Waals surface area contributed by atoms with Crippen LogP contribution in [-0.2, 0) is 4.74 Å². The Balaban J connectivity index is 1.45. The maximum absolute atomic E-state index is 12.3. The van der Waals surface area contributed by atoms with Gasteiger partial charge in [0.25, 0.3) is 0 Å². The molecule has 0 aromatic rings. The highest BCUT2D eigenvalue weighted by molar-refractivity contribution is 5.74. The van der Waals surface area contributed by atoms with E-state index in [9.17, 15) is 9.90 Å². The summed E-state index contributed by atoms with van der Waals surface area (Å²) >= 11 is 0. The van der Waals surface area contributed by atoms with Gasteiger partial charge in [-0.3, -0.25) is 0 Å². The van der Waals surface area contributed by atoms with Crippen LogP contribution < -0.4 is 10.6 Å². The molecular formula is C18H32N2O3. The van der Waals surface area contributed by atoms with Crippen LogP contribution in [0.25, 0.3) is 0 Å². The molecule has 0 spiro atoms. The maximum atomic E-state index is 12.3. The van der Waals surface area contributed by atoms with Crippen molar-refractivity contribution in [2.45, 2.75) is 107 Å². The third-order valence-corrected chi connectivity index (χ3v) is 5.72. The average molecular weight is 324 g/mol. The van der Waals surface area contributed by atoms with Crippen LogP contribution in [-0.4, -0.2) is 41.5 Å². The molecule has 3 N–H and O–H groups in total. The van der Waals surface area contributed by atoms with E-state index in [1.54, 1.807) is 0 Å². The molecule has 0 heterocycles. The Hall–Kier alpha value is -0.810. The second-order valence-corrected chi connectivity index (χ2v) is 7.60. The molecular weight excluding hydrogens is 292 g/mol. The van der Waals surface area contributed by atoms with E-state index in [1.807, 2.05) is 0 Å². The third kappa shape index (κ3) is 5.08. The predicted molar refractivity (Wildman–Crippen MR) is 89.3 cm³/mol. The molecule has 132 valence electrons. The van der Waals surface area contributed by atoms with Gasteiger partial charge in [0.05, 0.1) is 24.4 Å². The molecule has 3 saturated carbocycles. The van der Waals surface area contributed by atoms with Gasteiger partial charge in [0.15, 0.2) is 0 Å². The van der Waals surface area contributed by atoms with E-state index in [2.05, 4.69) is 10.6 Å². The van der Waals surface area contributed by atoms with Crippen LogP contribution in [0.1, 0.15) is 77.0 Å². The highest BCUT2D eigenvalue weighted by Gasteiger charge is 2.31. The third-order valence-electron chi connectivity index (χ3n) is 5.72. The van der Waals surface area contributed by atoms with Gasteiger partial charge in [0.1, 0.15) is 0 Å². The molecule has 5 nitrogen and oxygen atoms in total. The van der Waals surface area contributed by atoms with E-state index >= 15 is 0 Å². The normalized spacial score (nSPS) is 35.9. The molecule has 0 saturated heterocycles. The lowest BCUT2D eigenvalue weighted by atomic mass is 9.92. The molecule has 2 atom stereocenters. The van der Waals surface area contributed by atoms with E-state index in [-0.39, 0.29) is 30.3 Å². The minimum atomic E-state index is -0.182. The SMILES string of the molecule is O=C(NC1CCC(O)CC1)NC1CCCCC1OC1CCCC1. The first-order valence-electron chi connectivity index (χ1n) is 9.61. The summed E-state index contributed by atoms with van der Waals surface area (Å²) in [6, 6.07) is 0.299. The van der Waals surface area contributed by atoms with Crippen LogP contribution in [0.2, 0.25) is 0 Å². The second-order valence-electron chi connectivity index (χ2n) is 7.60. The highest BCUT2D eigenvalue weighted by Crippen LogP contribution is 2.28. The molecule has 3 rings (SSSR count). The van der Waals surface area contributed by atoms with Crippen LogP contribution in [0.4, 0.5) is 4.79 Å². The zero-order valence-corrected chi connectivity index (χ0v) is 14.1.